The molecule has 8 heteroatoms. The van der Waals surface area contributed by atoms with Crippen LogP contribution in [-0.4, -0.2) is 23.6 Å². The van der Waals surface area contributed by atoms with Gasteiger partial charge < -0.3 is 20.1 Å². The van der Waals surface area contributed by atoms with Gasteiger partial charge in [-0.1, -0.05) is 13.8 Å². The highest BCUT2D eigenvalue weighted by Gasteiger charge is 2.12. The highest BCUT2D eigenvalue weighted by molar-refractivity contribution is 5.89. The summed E-state index contributed by atoms with van der Waals surface area (Å²) in [7, 11) is 0. The molecule has 2 amide bonds. The van der Waals surface area contributed by atoms with Gasteiger partial charge in [0.15, 0.2) is 11.5 Å². The fourth-order valence-electron chi connectivity index (χ4n) is 2.55. The number of nitro groups is 1. The van der Waals surface area contributed by atoms with E-state index in [4.69, 9.17) is 9.47 Å². The van der Waals surface area contributed by atoms with Crippen LogP contribution < -0.4 is 20.1 Å². The maximum atomic E-state index is 12.1. The van der Waals surface area contributed by atoms with Gasteiger partial charge in [-0.25, -0.2) is 4.79 Å². The molecule has 0 saturated carbocycles. The number of amides is 2. The van der Waals surface area contributed by atoms with E-state index in [2.05, 4.69) is 10.6 Å². The van der Waals surface area contributed by atoms with Crippen LogP contribution in [0.4, 0.5) is 16.2 Å². The predicted octanol–water partition coefficient (Wildman–Crippen LogP) is 5.10. The lowest BCUT2D eigenvalue weighted by molar-refractivity contribution is -0.384. The second kappa shape index (κ2) is 10.1. The number of carbonyl (C=O) groups excluding carboxylic acids is 1. The van der Waals surface area contributed by atoms with Gasteiger partial charge in [0.1, 0.15) is 5.75 Å². The number of nitrogens with zero attached hydrogens (tertiary/aromatic N) is 1. The van der Waals surface area contributed by atoms with Crippen LogP contribution in [-0.2, 0) is 0 Å². The van der Waals surface area contributed by atoms with Crippen molar-refractivity contribution >= 4 is 17.4 Å². The number of anilines is 1. The average molecular weight is 387 g/mol. The molecule has 0 radical (unpaired) electrons. The fourth-order valence-corrected chi connectivity index (χ4v) is 2.55. The van der Waals surface area contributed by atoms with Crippen LogP contribution in [0.15, 0.2) is 42.5 Å². The first kappa shape index (κ1) is 21.0. The predicted molar refractivity (Wildman–Crippen MR) is 107 cm³/mol. The quantitative estimate of drug-likeness (QED) is 0.460. The Morgan fingerprint density at radius 3 is 2.32 bits per heavy atom. The number of non-ortho nitro benzene ring substituents is 1. The second-order valence-corrected chi connectivity index (χ2v) is 6.06. The summed E-state index contributed by atoms with van der Waals surface area (Å²) in [5.41, 5.74) is 0.559. The first-order valence-electron chi connectivity index (χ1n) is 9.23. The zero-order valence-corrected chi connectivity index (χ0v) is 16.2. The number of rotatable bonds is 9. The van der Waals surface area contributed by atoms with Crippen LogP contribution in [0.25, 0.3) is 0 Å². The summed E-state index contributed by atoms with van der Waals surface area (Å²) in [6.45, 7) is 6.30. The third-order valence-electron chi connectivity index (χ3n) is 4.10. The number of ether oxygens (including phenoxy) is 2. The zero-order valence-electron chi connectivity index (χ0n) is 16.2. The first-order chi connectivity index (χ1) is 13.5. The summed E-state index contributed by atoms with van der Waals surface area (Å²) < 4.78 is 11.4. The molecular formula is C20H25N3O5. The maximum Gasteiger partial charge on any atom is 0.319 e. The Hall–Kier alpha value is -3.29. The zero-order chi connectivity index (χ0) is 20.5. The SMILES string of the molecule is CCOc1cc(NC(=O)NC(CC)CC)ccc1Oc1ccc([N+](=O)[O-])cc1. The normalized spacial score (nSPS) is 10.4. The molecule has 0 unspecified atom stereocenters. The molecule has 8 nitrogen and oxygen atoms in total. The lowest BCUT2D eigenvalue weighted by atomic mass is 10.2. The van der Waals surface area contributed by atoms with Crippen LogP contribution in [0.5, 0.6) is 17.2 Å². The Morgan fingerprint density at radius 1 is 1.07 bits per heavy atom. The van der Waals surface area contributed by atoms with E-state index in [0.717, 1.165) is 12.8 Å². The Bertz CT molecular complexity index is 804. The lowest BCUT2D eigenvalue weighted by Crippen LogP contribution is -2.37. The fraction of sp³-hybridized carbons (Fsp3) is 0.350. The molecule has 2 aromatic carbocycles. The van der Waals surface area contributed by atoms with E-state index >= 15 is 0 Å². The minimum absolute atomic E-state index is 0.0135. The third-order valence-corrected chi connectivity index (χ3v) is 4.10. The van der Waals surface area contributed by atoms with E-state index in [9.17, 15) is 14.9 Å². The van der Waals surface area contributed by atoms with E-state index in [0.29, 0.717) is 29.5 Å². The summed E-state index contributed by atoms with van der Waals surface area (Å²) in [4.78, 5) is 22.4. The Kier molecular flexibility index (Phi) is 7.62. The Morgan fingerprint density at radius 2 is 1.75 bits per heavy atom. The van der Waals surface area contributed by atoms with Crippen molar-refractivity contribution in [3.05, 3.63) is 52.6 Å². The van der Waals surface area contributed by atoms with Gasteiger partial charge in [-0.05, 0) is 44.0 Å². The molecule has 0 aliphatic carbocycles. The first-order valence-corrected chi connectivity index (χ1v) is 9.23. The van der Waals surface area contributed by atoms with E-state index in [1.165, 1.54) is 24.3 Å². The van der Waals surface area contributed by atoms with Crippen LogP contribution in [0, 0.1) is 10.1 Å². The topological polar surface area (TPSA) is 103 Å². The smallest absolute Gasteiger partial charge is 0.319 e. The van der Waals surface area contributed by atoms with E-state index < -0.39 is 4.92 Å². The van der Waals surface area contributed by atoms with Crippen molar-refractivity contribution in [2.45, 2.75) is 39.7 Å². The van der Waals surface area contributed by atoms with Crippen molar-refractivity contribution in [3.8, 4) is 17.2 Å². The molecule has 28 heavy (non-hydrogen) atoms. The van der Waals surface area contributed by atoms with Crippen molar-refractivity contribution in [3.63, 3.8) is 0 Å². The van der Waals surface area contributed by atoms with E-state index in [1.54, 1.807) is 18.2 Å². The van der Waals surface area contributed by atoms with Crippen molar-refractivity contribution in [2.24, 2.45) is 0 Å². The summed E-state index contributed by atoms with van der Waals surface area (Å²) in [5, 5.41) is 16.4. The van der Waals surface area contributed by atoms with E-state index in [1.807, 2.05) is 20.8 Å². The molecule has 2 aromatic rings. The molecule has 0 bridgehead atoms. The molecule has 0 aromatic heterocycles. The van der Waals surface area contributed by atoms with Crippen LogP contribution in [0.1, 0.15) is 33.6 Å². The van der Waals surface area contributed by atoms with Crippen LogP contribution in [0.3, 0.4) is 0 Å². The maximum absolute atomic E-state index is 12.1. The van der Waals surface area contributed by atoms with Gasteiger partial charge in [-0.15, -0.1) is 0 Å². The van der Waals surface area contributed by atoms with Crippen molar-refractivity contribution in [1.82, 2.24) is 5.32 Å². The summed E-state index contributed by atoms with van der Waals surface area (Å²) in [6, 6.07) is 10.7. The highest BCUT2D eigenvalue weighted by atomic mass is 16.6. The van der Waals surface area contributed by atoms with Crippen molar-refractivity contribution in [1.29, 1.82) is 0 Å². The lowest BCUT2D eigenvalue weighted by Gasteiger charge is -2.17. The monoisotopic (exact) mass is 387 g/mol. The molecule has 0 saturated heterocycles. The number of nitro benzene ring substituents is 1. The Balaban J connectivity index is 2.13. The summed E-state index contributed by atoms with van der Waals surface area (Å²) in [6.07, 6.45) is 1.71. The summed E-state index contributed by atoms with van der Waals surface area (Å²) in [5.74, 6) is 1.35. The van der Waals surface area contributed by atoms with E-state index in [-0.39, 0.29) is 17.8 Å². The standard InChI is InChI=1S/C20H25N3O5/c1-4-14(5-2)21-20(24)22-15-7-12-18(19(13-15)27-6-3)28-17-10-8-16(9-11-17)23(25)26/h7-14H,4-6H2,1-3H3,(H2,21,22,24). The van der Waals surface area contributed by atoms with Gasteiger partial charge in [-0.3, -0.25) is 10.1 Å². The largest absolute Gasteiger partial charge is 0.490 e. The molecule has 150 valence electrons. The molecule has 0 spiro atoms. The second-order valence-electron chi connectivity index (χ2n) is 6.06. The third kappa shape index (κ3) is 5.87. The van der Waals surface area contributed by atoms with Gasteiger partial charge in [0.25, 0.3) is 5.69 Å². The molecule has 0 atom stereocenters. The number of nitrogens with one attached hydrogen (secondary N) is 2. The number of hydrogen-bond donors (Lipinski definition) is 2. The number of hydrogen-bond acceptors (Lipinski definition) is 5. The van der Waals surface area contributed by atoms with Crippen LogP contribution >= 0.6 is 0 Å². The van der Waals surface area contributed by atoms with Crippen molar-refractivity contribution < 1.29 is 19.2 Å². The van der Waals surface area contributed by atoms with Gasteiger partial charge in [-0.2, -0.15) is 0 Å². The molecule has 0 aliphatic heterocycles. The minimum atomic E-state index is -0.470. The molecule has 2 rings (SSSR count). The molecule has 0 aliphatic rings. The number of carbonyl (C=O) groups is 1. The number of benzene rings is 2. The number of urea groups is 1. The van der Waals surface area contributed by atoms with Crippen LogP contribution in [0.2, 0.25) is 0 Å². The molecule has 2 N–H and O–H groups in total. The van der Waals surface area contributed by atoms with Gasteiger partial charge in [0, 0.05) is 29.9 Å². The molecule has 0 heterocycles. The van der Waals surface area contributed by atoms with Crippen molar-refractivity contribution in [2.75, 3.05) is 11.9 Å². The highest BCUT2D eigenvalue weighted by Crippen LogP contribution is 2.34. The summed E-state index contributed by atoms with van der Waals surface area (Å²) >= 11 is 0. The average Bonchev–Trinajstić information content (AvgIpc) is 2.68. The molecule has 0 fully saturated rings. The Labute approximate surface area is 164 Å². The minimum Gasteiger partial charge on any atom is -0.490 e. The van der Waals surface area contributed by atoms with Gasteiger partial charge >= 0.3 is 6.03 Å². The van der Waals surface area contributed by atoms with Gasteiger partial charge in [0.2, 0.25) is 0 Å². The molecular weight excluding hydrogens is 362 g/mol. The van der Waals surface area contributed by atoms with Gasteiger partial charge in [0.05, 0.1) is 11.5 Å².